The normalized spacial score (nSPS) is 11.8. The summed E-state index contributed by atoms with van der Waals surface area (Å²) >= 11 is 0.537. The second kappa shape index (κ2) is 7.75. The molecule has 0 bridgehead atoms. The first-order chi connectivity index (χ1) is 14.0. The van der Waals surface area contributed by atoms with Crippen LogP contribution in [0.1, 0.15) is 26.5 Å². The molecule has 0 radical (unpaired) electrons. The molecule has 30 heavy (non-hydrogen) atoms. The molecule has 0 fully saturated rings. The van der Waals surface area contributed by atoms with Gasteiger partial charge >= 0.3 is 12.4 Å². The van der Waals surface area contributed by atoms with E-state index in [0.29, 0.717) is 11.3 Å². The number of pyridine rings is 1. The van der Waals surface area contributed by atoms with Crippen molar-refractivity contribution in [3.63, 3.8) is 0 Å². The van der Waals surface area contributed by atoms with Crippen molar-refractivity contribution in [2.75, 3.05) is 5.32 Å². The second-order valence-electron chi connectivity index (χ2n) is 5.70. The highest BCUT2D eigenvalue weighted by Crippen LogP contribution is 2.40. The number of nitrogens with one attached hydrogen (secondary N) is 1. The summed E-state index contributed by atoms with van der Waals surface area (Å²) in [5, 5.41) is 11.0. The number of thiazole rings is 1. The number of amides is 1. The van der Waals surface area contributed by atoms with E-state index in [1.54, 1.807) is 6.07 Å². The van der Waals surface area contributed by atoms with Gasteiger partial charge in [-0.25, -0.2) is 4.98 Å². The average Bonchev–Trinajstić information content (AvgIpc) is 3.09. The summed E-state index contributed by atoms with van der Waals surface area (Å²) in [5.41, 5.74) is -4.00. The van der Waals surface area contributed by atoms with Crippen molar-refractivity contribution in [1.82, 2.24) is 9.97 Å². The van der Waals surface area contributed by atoms with Crippen molar-refractivity contribution in [2.24, 2.45) is 0 Å². The number of nitriles is 1. The van der Waals surface area contributed by atoms with Crippen molar-refractivity contribution in [2.45, 2.75) is 12.4 Å². The van der Waals surface area contributed by atoms with Gasteiger partial charge in [0.05, 0.1) is 11.1 Å². The SMILES string of the molecule is N#Cc1sc(NC(=O)c2cccnc2C(F)(F)F)nc1-c1ccccc1C(F)(F)F. The Balaban J connectivity index is 2.00. The van der Waals surface area contributed by atoms with Gasteiger partial charge in [-0.1, -0.05) is 29.5 Å². The van der Waals surface area contributed by atoms with E-state index in [-0.39, 0.29) is 15.7 Å². The maximum absolute atomic E-state index is 13.3. The van der Waals surface area contributed by atoms with Crippen LogP contribution in [-0.4, -0.2) is 15.9 Å². The minimum atomic E-state index is -4.90. The number of halogens is 6. The molecule has 0 saturated carbocycles. The molecule has 2 aromatic heterocycles. The molecule has 2 heterocycles. The lowest BCUT2D eigenvalue weighted by atomic mass is 10.0. The number of nitrogens with zero attached hydrogens (tertiary/aromatic N) is 3. The Kier molecular flexibility index (Phi) is 5.49. The Labute approximate surface area is 168 Å². The Bertz CT molecular complexity index is 1150. The van der Waals surface area contributed by atoms with Gasteiger partial charge in [-0.2, -0.15) is 31.6 Å². The highest BCUT2D eigenvalue weighted by molar-refractivity contribution is 7.16. The van der Waals surface area contributed by atoms with Crippen LogP contribution < -0.4 is 5.32 Å². The van der Waals surface area contributed by atoms with E-state index in [0.717, 1.165) is 36.5 Å². The first-order valence-corrected chi connectivity index (χ1v) is 8.75. The Hall–Kier alpha value is -3.46. The molecule has 0 atom stereocenters. The lowest BCUT2D eigenvalue weighted by Gasteiger charge is -2.11. The minimum Gasteiger partial charge on any atom is -0.298 e. The maximum atomic E-state index is 13.3. The van der Waals surface area contributed by atoms with Crippen LogP contribution in [0.2, 0.25) is 0 Å². The van der Waals surface area contributed by atoms with Gasteiger partial charge in [-0.15, -0.1) is 0 Å². The van der Waals surface area contributed by atoms with E-state index < -0.39 is 40.6 Å². The van der Waals surface area contributed by atoms with Crippen molar-refractivity contribution >= 4 is 22.4 Å². The topological polar surface area (TPSA) is 78.7 Å². The number of hydrogen-bond acceptors (Lipinski definition) is 5. The molecule has 1 aromatic carbocycles. The van der Waals surface area contributed by atoms with Crippen LogP contribution in [0.15, 0.2) is 42.6 Å². The molecule has 0 aliphatic carbocycles. The number of aromatic nitrogens is 2. The summed E-state index contributed by atoms with van der Waals surface area (Å²) in [7, 11) is 0. The summed E-state index contributed by atoms with van der Waals surface area (Å²) in [6.07, 6.45) is -8.76. The summed E-state index contributed by atoms with van der Waals surface area (Å²) in [5.74, 6) is -1.22. The fourth-order valence-electron chi connectivity index (χ4n) is 2.55. The molecule has 0 saturated heterocycles. The van der Waals surface area contributed by atoms with Gasteiger partial charge in [0.1, 0.15) is 16.6 Å². The number of carbonyl (C=O) groups is 1. The van der Waals surface area contributed by atoms with Gasteiger partial charge in [-0.3, -0.25) is 15.1 Å². The second-order valence-corrected chi connectivity index (χ2v) is 6.70. The van der Waals surface area contributed by atoms with Crippen molar-refractivity contribution in [3.8, 4) is 17.3 Å². The van der Waals surface area contributed by atoms with E-state index in [1.165, 1.54) is 6.07 Å². The van der Waals surface area contributed by atoms with Gasteiger partial charge in [0.15, 0.2) is 10.8 Å². The summed E-state index contributed by atoms with van der Waals surface area (Å²) in [6.45, 7) is 0. The zero-order valence-electron chi connectivity index (χ0n) is 14.5. The smallest absolute Gasteiger partial charge is 0.298 e. The average molecular weight is 442 g/mol. The molecule has 3 rings (SSSR count). The van der Waals surface area contributed by atoms with Crippen LogP contribution in [0.3, 0.4) is 0 Å². The van der Waals surface area contributed by atoms with Crippen LogP contribution in [0.4, 0.5) is 31.5 Å². The van der Waals surface area contributed by atoms with Gasteiger partial charge in [-0.05, 0) is 18.2 Å². The number of anilines is 1. The number of benzene rings is 1. The maximum Gasteiger partial charge on any atom is 0.434 e. The predicted molar refractivity (Wildman–Crippen MR) is 94.5 cm³/mol. The predicted octanol–water partition coefficient (Wildman–Crippen LogP) is 5.37. The Morgan fingerprint density at radius 1 is 1.03 bits per heavy atom. The van der Waals surface area contributed by atoms with E-state index >= 15 is 0 Å². The third-order valence-corrected chi connectivity index (χ3v) is 4.63. The quantitative estimate of drug-likeness (QED) is 0.554. The third kappa shape index (κ3) is 4.25. The van der Waals surface area contributed by atoms with Crippen molar-refractivity contribution in [1.29, 1.82) is 5.26 Å². The molecule has 12 heteroatoms. The van der Waals surface area contributed by atoms with Gasteiger partial charge < -0.3 is 0 Å². The minimum absolute atomic E-state index is 0.246. The van der Waals surface area contributed by atoms with Crippen LogP contribution >= 0.6 is 11.3 Å². The van der Waals surface area contributed by atoms with E-state index in [9.17, 15) is 36.4 Å². The van der Waals surface area contributed by atoms with E-state index in [1.807, 2.05) is 0 Å². The van der Waals surface area contributed by atoms with Crippen LogP contribution in [0.5, 0.6) is 0 Å². The van der Waals surface area contributed by atoms with Gasteiger partial charge in [0, 0.05) is 11.8 Å². The molecule has 5 nitrogen and oxygen atoms in total. The summed E-state index contributed by atoms with van der Waals surface area (Å²) in [4.78, 5) is 19.1. The molecule has 0 aliphatic rings. The number of alkyl halides is 6. The van der Waals surface area contributed by atoms with Gasteiger partial charge in [0.25, 0.3) is 5.91 Å². The lowest BCUT2D eigenvalue weighted by molar-refractivity contribution is -0.141. The van der Waals surface area contributed by atoms with E-state index in [4.69, 9.17) is 0 Å². The zero-order chi connectivity index (χ0) is 22.1. The fraction of sp³-hybridized carbons (Fsp3) is 0.111. The van der Waals surface area contributed by atoms with Crippen molar-refractivity contribution < 1.29 is 31.1 Å². The molecule has 154 valence electrons. The van der Waals surface area contributed by atoms with Crippen LogP contribution in [-0.2, 0) is 12.4 Å². The van der Waals surface area contributed by atoms with Crippen LogP contribution in [0, 0.1) is 11.3 Å². The molecule has 0 spiro atoms. The van der Waals surface area contributed by atoms with Crippen molar-refractivity contribution in [3.05, 3.63) is 64.3 Å². The molecule has 3 aromatic rings. The molecular weight excluding hydrogens is 434 g/mol. The molecule has 1 amide bonds. The largest absolute Gasteiger partial charge is 0.434 e. The number of rotatable bonds is 3. The third-order valence-electron chi connectivity index (χ3n) is 3.76. The first-order valence-electron chi connectivity index (χ1n) is 7.93. The molecular formula is C18H8F6N4OS. The number of carbonyl (C=O) groups excluding carboxylic acids is 1. The molecule has 1 N–H and O–H groups in total. The van der Waals surface area contributed by atoms with Gasteiger partial charge in [0.2, 0.25) is 0 Å². The Morgan fingerprint density at radius 3 is 2.37 bits per heavy atom. The summed E-state index contributed by atoms with van der Waals surface area (Å²) in [6, 6.07) is 8.09. The Morgan fingerprint density at radius 2 is 1.73 bits per heavy atom. The molecule has 0 unspecified atom stereocenters. The molecule has 0 aliphatic heterocycles. The first kappa shape index (κ1) is 21.3. The number of hydrogen-bond donors (Lipinski definition) is 1. The monoisotopic (exact) mass is 442 g/mol. The van der Waals surface area contributed by atoms with E-state index in [2.05, 4.69) is 15.3 Å². The highest BCUT2D eigenvalue weighted by atomic mass is 32.1. The highest BCUT2D eigenvalue weighted by Gasteiger charge is 2.37. The standard InChI is InChI=1S/C18H8F6N4OS/c19-17(20,21)11-6-2-1-4-9(11)13-12(8-25)30-16(27-13)28-15(29)10-5-3-7-26-14(10)18(22,23)24/h1-7H,(H,27,28,29). The van der Waals surface area contributed by atoms with Crippen LogP contribution in [0.25, 0.3) is 11.3 Å². The summed E-state index contributed by atoms with van der Waals surface area (Å²) < 4.78 is 78.9. The fourth-order valence-corrected chi connectivity index (χ4v) is 3.32. The zero-order valence-corrected chi connectivity index (χ0v) is 15.3. The lowest BCUT2D eigenvalue weighted by Crippen LogP contribution is -2.20.